The highest BCUT2D eigenvalue weighted by atomic mass is 19.0. The number of quaternary nitrogens is 1. The highest BCUT2D eigenvalue weighted by Crippen LogP contribution is 2.16. The Kier molecular flexibility index (Phi) is 23.0. The summed E-state index contributed by atoms with van der Waals surface area (Å²) in [6.07, 6.45) is 11.8. The topological polar surface area (TPSA) is 20.3 Å². The molecule has 0 bridgehead atoms. The molecule has 142 valence electrons. The van der Waals surface area contributed by atoms with Crippen LogP contribution in [0.25, 0.3) is 0 Å². The standard InChI is InChI=1S/C16H36N.C3H7NO.FH/c1-5-9-13-17(14-10-6-2,15-11-7-3)16-12-8-4;1-4(2)3-5;/h5-16H2,1-4H3;3H,1-2H3;1H/q+1;;/p-1. The molecule has 0 saturated carbocycles. The molecule has 0 aromatic rings. The maximum Gasteiger partial charge on any atom is 0.209 e. The minimum atomic E-state index is 0. The molecule has 23 heavy (non-hydrogen) atoms. The van der Waals surface area contributed by atoms with Crippen molar-refractivity contribution in [1.29, 1.82) is 0 Å². The van der Waals surface area contributed by atoms with Gasteiger partial charge in [-0.25, -0.2) is 0 Å². The number of nitrogens with zero attached hydrogens (tertiary/aromatic N) is 2. The fourth-order valence-corrected chi connectivity index (χ4v) is 2.64. The molecule has 0 radical (unpaired) electrons. The number of rotatable bonds is 13. The van der Waals surface area contributed by atoms with Crippen molar-refractivity contribution < 1.29 is 14.0 Å². The Labute approximate surface area is 145 Å². The number of amides is 1. The predicted molar refractivity (Wildman–Crippen MR) is 99.1 cm³/mol. The van der Waals surface area contributed by atoms with Crippen molar-refractivity contribution in [2.45, 2.75) is 79.1 Å². The molecule has 0 aliphatic rings. The summed E-state index contributed by atoms with van der Waals surface area (Å²) in [6, 6.07) is 0. The molecule has 0 N–H and O–H groups in total. The number of carbonyl (C=O) groups is 1. The Balaban J connectivity index is -0.000000578. The predicted octanol–water partition coefficient (Wildman–Crippen LogP) is 1.71. The largest absolute Gasteiger partial charge is 1.00 e. The van der Waals surface area contributed by atoms with E-state index >= 15 is 0 Å². The molecular weight excluding hydrogens is 291 g/mol. The molecule has 0 aliphatic heterocycles. The number of halogens is 1. The van der Waals surface area contributed by atoms with Gasteiger partial charge in [0.1, 0.15) is 0 Å². The highest BCUT2D eigenvalue weighted by Gasteiger charge is 2.24. The molecule has 0 saturated heterocycles. The Morgan fingerprint density at radius 3 is 1.04 bits per heavy atom. The van der Waals surface area contributed by atoms with Crippen molar-refractivity contribution in [2.75, 3.05) is 40.3 Å². The van der Waals surface area contributed by atoms with Gasteiger partial charge in [0.2, 0.25) is 6.41 Å². The lowest BCUT2D eigenvalue weighted by molar-refractivity contribution is -0.929. The minimum absolute atomic E-state index is 0. The van der Waals surface area contributed by atoms with Gasteiger partial charge in [0.05, 0.1) is 26.2 Å². The van der Waals surface area contributed by atoms with Crippen molar-refractivity contribution in [1.82, 2.24) is 4.90 Å². The fourth-order valence-electron chi connectivity index (χ4n) is 2.64. The van der Waals surface area contributed by atoms with Gasteiger partial charge in [0.15, 0.2) is 0 Å². The second-order valence-corrected chi connectivity index (χ2v) is 6.72. The van der Waals surface area contributed by atoms with Gasteiger partial charge in [0, 0.05) is 14.1 Å². The van der Waals surface area contributed by atoms with Gasteiger partial charge < -0.3 is 14.1 Å². The summed E-state index contributed by atoms with van der Waals surface area (Å²) in [6.45, 7) is 15.0. The Bertz CT molecular complexity index is 198. The van der Waals surface area contributed by atoms with Crippen LogP contribution in [0.15, 0.2) is 0 Å². The number of hydrogen-bond acceptors (Lipinski definition) is 1. The molecule has 3 nitrogen and oxygen atoms in total. The summed E-state index contributed by atoms with van der Waals surface area (Å²) >= 11 is 0. The lowest BCUT2D eigenvalue weighted by Gasteiger charge is -2.39. The van der Waals surface area contributed by atoms with Crippen molar-refractivity contribution in [2.24, 2.45) is 0 Å². The van der Waals surface area contributed by atoms with E-state index in [1.54, 1.807) is 14.1 Å². The zero-order chi connectivity index (χ0) is 17.3. The third-order valence-corrected chi connectivity index (χ3v) is 4.15. The third kappa shape index (κ3) is 17.5. The third-order valence-electron chi connectivity index (χ3n) is 4.15. The molecule has 0 unspecified atom stereocenters. The van der Waals surface area contributed by atoms with E-state index in [1.165, 1.54) is 86.9 Å². The van der Waals surface area contributed by atoms with Crippen LogP contribution in [-0.2, 0) is 4.79 Å². The van der Waals surface area contributed by atoms with Crippen LogP contribution < -0.4 is 4.70 Å². The quantitative estimate of drug-likeness (QED) is 0.371. The van der Waals surface area contributed by atoms with Crippen LogP contribution in [0.3, 0.4) is 0 Å². The van der Waals surface area contributed by atoms with E-state index in [9.17, 15) is 4.79 Å². The summed E-state index contributed by atoms with van der Waals surface area (Å²) in [4.78, 5) is 10.9. The van der Waals surface area contributed by atoms with Crippen LogP contribution in [0.1, 0.15) is 79.1 Å². The Morgan fingerprint density at radius 1 is 0.696 bits per heavy atom. The monoisotopic (exact) mass is 334 g/mol. The molecule has 0 spiro atoms. The molecule has 4 heteroatoms. The van der Waals surface area contributed by atoms with Gasteiger partial charge in [-0.05, 0) is 25.7 Å². The molecule has 0 heterocycles. The minimum Gasteiger partial charge on any atom is -1.00 e. The average Bonchev–Trinajstić information content (AvgIpc) is 2.54. The summed E-state index contributed by atoms with van der Waals surface area (Å²) < 4.78 is 1.42. The van der Waals surface area contributed by atoms with Crippen LogP contribution in [0.4, 0.5) is 0 Å². The van der Waals surface area contributed by atoms with Crippen LogP contribution in [0, 0.1) is 0 Å². The molecule has 1 amide bonds. The number of carbonyl (C=O) groups excluding carboxylic acids is 1. The average molecular weight is 335 g/mol. The lowest BCUT2D eigenvalue weighted by Crippen LogP contribution is -3.00. The second-order valence-electron chi connectivity index (χ2n) is 6.72. The van der Waals surface area contributed by atoms with Gasteiger partial charge in [-0.1, -0.05) is 53.4 Å². The molecule has 0 aromatic carbocycles. The van der Waals surface area contributed by atoms with E-state index in [2.05, 4.69) is 27.7 Å². The fraction of sp³-hybridized carbons (Fsp3) is 0.947. The first-order valence-electron chi connectivity index (χ1n) is 9.48. The van der Waals surface area contributed by atoms with Gasteiger partial charge in [-0.2, -0.15) is 0 Å². The lowest BCUT2D eigenvalue weighted by atomic mass is 10.1. The SMILES string of the molecule is CCCC[N+](CCCC)(CCCC)CCCC.CN(C)C=O.[F-]. The van der Waals surface area contributed by atoms with Crippen molar-refractivity contribution in [3.05, 3.63) is 0 Å². The van der Waals surface area contributed by atoms with E-state index in [4.69, 9.17) is 0 Å². The van der Waals surface area contributed by atoms with E-state index in [1.807, 2.05) is 0 Å². The molecular formula is C19H43FN2O. The van der Waals surface area contributed by atoms with Crippen LogP contribution in [0.5, 0.6) is 0 Å². The van der Waals surface area contributed by atoms with Gasteiger partial charge in [-0.15, -0.1) is 0 Å². The summed E-state index contributed by atoms with van der Waals surface area (Å²) in [5.74, 6) is 0. The van der Waals surface area contributed by atoms with Crippen molar-refractivity contribution in [3.8, 4) is 0 Å². The highest BCUT2D eigenvalue weighted by molar-refractivity contribution is 5.45. The van der Waals surface area contributed by atoms with Crippen LogP contribution in [0.2, 0.25) is 0 Å². The summed E-state index contributed by atoms with van der Waals surface area (Å²) in [5.41, 5.74) is 0. The van der Waals surface area contributed by atoms with Gasteiger partial charge >= 0.3 is 0 Å². The molecule has 0 fully saturated rings. The van der Waals surface area contributed by atoms with E-state index in [0.717, 1.165) is 6.41 Å². The van der Waals surface area contributed by atoms with E-state index < -0.39 is 0 Å². The number of hydrogen-bond donors (Lipinski definition) is 0. The molecule has 0 rings (SSSR count). The van der Waals surface area contributed by atoms with Gasteiger partial charge in [-0.3, -0.25) is 4.79 Å². The maximum absolute atomic E-state index is 9.43. The Morgan fingerprint density at radius 2 is 0.913 bits per heavy atom. The maximum atomic E-state index is 9.43. The van der Waals surface area contributed by atoms with Crippen molar-refractivity contribution >= 4 is 6.41 Å². The molecule has 0 atom stereocenters. The smallest absolute Gasteiger partial charge is 0.209 e. The molecule has 0 aliphatic carbocycles. The zero-order valence-corrected chi connectivity index (χ0v) is 16.7. The van der Waals surface area contributed by atoms with E-state index in [0.29, 0.717) is 0 Å². The zero-order valence-electron chi connectivity index (χ0n) is 16.7. The second kappa shape index (κ2) is 19.4. The van der Waals surface area contributed by atoms with Crippen LogP contribution in [-0.4, -0.2) is 56.1 Å². The first-order valence-corrected chi connectivity index (χ1v) is 9.48. The van der Waals surface area contributed by atoms with Crippen LogP contribution >= 0.6 is 0 Å². The van der Waals surface area contributed by atoms with Crippen molar-refractivity contribution in [3.63, 3.8) is 0 Å². The first kappa shape index (κ1) is 27.2. The van der Waals surface area contributed by atoms with E-state index in [-0.39, 0.29) is 4.70 Å². The summed E-state index contributed by atoms with van der Waals surface area (Å²) in [5, 5.41) is 0. The Hall–Kier alpha value is -0.640. The molecule has 0 aromatic heterocycles. The number of unbranched alkanes of at least 4 members (excludes halogenated alkanes) is 4. The normalized spacial score (nSPS) is 10.3. The van der Waals surface area contributed by atoms with Gasteiger partial charge in [0.25, 0.3) is 0 Å². The first-order chi connectivity index (χ1) is 10.5. The summed E-state index contributed by atoms with van der Waals surface area (Å²) in [7, 11) is 3.38.